The Bertz CT molecular complexity index is 853. The minimum absolute atomic E-state index is 0.388. The molecule has 0 aromatic heterocycles. The first-order valence-corrected chi connectivity index (χ1v) is 9.53. The van der Waals surface area contributed by atoms with Crippen molar-refractivity contribution in [2.24, 2.45) is 0 Å². The molecule has 3 aromatic rings. The third kappa shape index (κ3) is 1.70. The molecule has 5 rings (SSSR count). The first kappa shape index (κ1) is 12.7. The zero-order valence-corrected chi connectivity index (χ0v) is 13.9. The van der Waals surface area contributed by atoms with E-state index in [9.17, 15) is 0 Å². The van der Waals surface area contributed by atoms with E-state index in [0.29, 0.717) is 19.3 Å². The Kier molecular flexibility index (Phi) is 2.65. The summed E-state index contributed by atoms with van der Waals surface area (Å²) in [6.45, 7) is 0. The van der Waals surface area contributed by atoms with Crippen LogP contribution < -0.4 is 4.46 Å². The molecule has 1 heteroatoms. The van der Waals surface area contributed by atoms with Crippen molar-refractivity contribution in [2.75, 3.05) is 0 Å². The van der Waals surface area contributed by atoms with Crippen molar-refractivity contribution in [1.82, 2.24) is 0 Å². The Morgan fingerprint density at radius 2 is 1.41 bits per heavy atom. The monoisotopic (exact) mass is 348 g/mol. The molecular formula is C21H16Se. The minimum atomic E-state index is 0.388. The van der Waals surface area contributed by atoms with Gasteiger partial charge in [-0.1, -0.05) is 0 Å². The molecule has 2 aliphatic rings. The summed E-state index contributed by atoms with van der Waals surface area (Å²) >= 11 is 0.489. The zero-order chi connectivity index (χ0) is 14.6. The van der Waals surface area contributed by atoms with Crippen LogP contribution in [0.3, 0.4) is 0 Å². The molecule has 2 atom stereocenters. The van der Waals surface area contributed by atoms with Gasteiger partial charge in [-0.25, -0.2) is 0 Å². The maximum atomic E-state index is 2.37. The van der Waals surface area contributed by atoms with E-state index < -0.39 is 0 Å². The Morgan fingerprint density at radius 3 is 2.27 bits per heavy atom. The van der Waals surface area contributed by atoms with Gasteiger partial charge in [-0.2, -0.15) is 0 Å². The summed E-state index contributed by atoms with van der Waals surface area (Å²) in [5.41, 5.74) is 6.08. The van der Waals surface area contributed by atoms with E-state index in [0.717, 1.165) is 5.92 Å². The molecule has 0 heterocycles. The van der Waals surface area contributed by atoms with Crippen LogP contribution in [0.25, 0.3) is 11.1 Å². The van der Waals surface area contributed by atoms with E-state index in [2.05, 4.69) is 78.9 Å². The van der Waals surface area contributed by atoms with Crippen molar-refractivity contribution in [1.29, 1.82) is 0 Å². The Labute approximate surface area is 137 Å². The molecule has 0 saturated heterocycles. The number of benzene rings is 3. The van der Waals surface area contributed by atoms with Gasteiger partial charge in [-0.3, -0.25) is 0 Å². The van der Waals surface area contributed by atoms with Gasteiger partial charge in [0.1, 0.15) is 0 Å². The van der Waals surface area contributed by atoms with Crippen LogP contribution in [0.5, 0.6) is 0 Å². The van der Waals surface area contributed by atoms with Gasteiger partial charge in [-0.15, -0.1) is 0 Å². The van der Waals surface area contributed by atoms with Crippen molar-refractivity contribution in [3.63, 3.8) is 0 Å². The van der Waals surface area contributed by atoms with Crippen molar-refractivity contribution >= 4 is 19.4 Å². The summed E-state index contributed by atoms with van der Waals surface area (Å²) in [5.74, 6) is 0.721. The van der Waals surface area contributed by atoms with Crippen molar-refractivity contribution in [2.45, 2.75) is 16.7 Å². The van der Waals surface area contributed by atoms with Crippen LogP contribution in [0.4, 0.5) is 0 Å². The summed E-state index contributed by atoms with van der Waals surface area (Å²) < 4.78 is 1.91. The summed E-state index contributed by atoms with van der Waals surface area (Å²) in [5, 5.41) is 0. The molecule has 0 unspecified atom stereocenters. The normalized spacial score (nSPS) is 24.1. The molecule has 0 spiro atoms. The molecule has 0 bridgehead atoms. The molecule has 0 radical (unpaired) electrons. The van der Waals surface area contributed by atoms with Gasteiger partial charge in [0, 0.05) is 0 Å². The first-order valence-electron chi connectivity index (χ1n) is 7.81. The maximum absolute atomic E-state index is 2.37. The zero-order valence-electron chi connectivity index (χ0n) is 12.2. The number of rotatable bonds is 2. The van der Waals surface area contributed by atoms with Gasteiger partial charge >= 0.3 is 137 Å². The molecule has 0 amide bonds. The van der Waals surface area contributed by atoms with E-state index in [1.807, 2.05) is 0 Å². The van der Waals surface area contributed by atoms with Crippen molar-refractivity contribution < 1.29 is 0 Å². The van der Waals surface area contributed by atoms with Gasteiger partial charge in [0.2, 0.25) is 0 Å². The third-order valence-electron chi connectivity index (χ3n) is 4.96. The van der Waals surface area contributed by atoms with Gasteiger partial charge in [0.25, 0.3) is 0 Å². The van der Waals surface area contributed by atoms with Crippen molar-refractivity contribution in [3.05, 3.63) is 90.0 Å². The van der Waals surface area contributed by atoms with Crippen molar-refractivity contribution in [3.8, 4) is 11.1 Å². The quantitative estimate of drug-likeness (QED) is 0.613. The fraction of sp³-hybridized carbons (Fsp3) is 0.143. The molecule has 3 aromatic carbocycles. The Morgan fingerprint density at radius 1 is 0.727 bits per heavy atom. The SMILES string of the molecule is c1ccc([Se][C@@]23C[C@@H]2c2ccccc2-c2ccccc23)cc1. The molecule has 0 aliphatic heterocycles. The van der Waals surface area contributed by atoms with Crippen LogP contribution in [0.15, 0.2) is 78.9 Å². The fourth-order valence-corrected chi connectivity index (χ4v) is 7.09. The third-order valence-corrected chi connectivity index (χ3v) is 8.20. The molecule has 1 saturated carbocycles. The van der Waals surface area contributed by atoms with Crippen LogP contribution in [0.2, 0.25) is 0 Å². The number of hydrogen-bond donors (Lipinski definition) is 0. The second-order valence-electron chi connectivity index (χ2n) is 6.19. The van der Waals surface area contributed by atoms with Crippen LogP contribution in [-0.2, 0) is 4.31 Å². The van der Waals surface area contributed by atoms with E-state index >= 15 is 0 Å². The van der Waals surface area contributed by atoms with E-state index in [1.165, 1.54) is 22.0 Å². The first-order chi connectivity index (χ1) is 10.9. The summed E-state index contributed by atoms with van der Waals surface area (Å²) in [6.07, 6.45) is 1.32. The average molecular weight is 347 g/mol. The van der Waals surface area contributed by atoms with Crippen LogP contribution in [0.1, 0.15) is 23.5 Å². The Balaban J connectivity index is 1.69. The number of hydrogen-bond acceptors (Lipinski definition) is 0. The van der Waals surface area contributed by atoms with E-state index in [4.69, 9.17) is 0 Å². The Hall–Kier alpha value is -1.82. The topological polar surface area (TPSA) is 0 Å². The summed E-state index contributed by atoms with van der Waals surface area (Å²) in [7, 11) is 0. The molecule has 2 aliphatic carbocycles. The van der Waals surface area contributed by atoms with Gasteiger partial charge in [0.05, 0.1) is 0 Å². The molecule has 22 heavy (non-hydrogen) atoms. The molecule has 0 N–H and O–H groups in total. The average Bonchev–Trinajstić information content (AvgIpc) is 3.32. The second kappa shape index (κ2) is 4.59. The fourth-order valence-electron chi connectivity index (χ4n) is 3.90. The molecule has 106 valence electrons. The van der Waals surface area contributed by atoms with Gasteiger partial charge in [0.15, 0.2) is 0 Å². The van der Waals surface area contributed by atoms with E-state index in [-0.39, 0.29) is 0 Å². The standard InChI is InChI=1S/C21H16Se/c1-2-8-15(9-3-1)22-21-14-20(21)18-12-5-4-10-16(18)17-11-6-7-13-19(17)21/h1-13,20H,14H2/t20-,21-/m1/s1. The summed E-state index contributed by atoms with van der Waals surface area (Å²) in [4.78, 5) is 0. The predicted molar refractivity (Wildman–Crippen MR) is 92.7 cm³/mol. The van der Waals surface area contributed by atoms with E-state index in [1.54, 1.807) is 11.1 Å². The number of fused-ring (bicyclic) bond motifs is 6. The second-order valence-corrected chi connectivity index (χ2v) is 9.14. The van der Waals surface area contributed by atoms with Gasteiger partial charge < -0.3 is 0 Å². The molecular weight excluding hydrogens is 331 g/mol. The van der Waals surface area contributed by atoms with Crippen LogP contribution in [-0.4, -0.2) is 15.0 Å². The molecule has 1 fully saturated rings. The van der Waals surface area contributed by atoms with Gasteiger partial charge in [-0.05, 0) is 0 Å². The summed E-state index contributed by atoms with van der Waals surface area (Å²) in [6, 6.07) is 29.2. The van der Waals surface area contributed by atoms with Crippen LogP contribution >= 0.6 is 0 Å². The van der Waals surface area contributed by atoms with Crippen LogP contribution in [0, 0.1) is 0 Å². The molecule has 0 nitrogen and oxygen atoms in total. The predicted octanol–water partition coefficient (Wildman–Crippen LogP) is 4.08.